The maximum Gasteiger partial charge on any atom is 0.269 e. The van der Waals surface area contributed by atoms with Crippen molar-refractivity contribution in [1.29, 1.82) is 0 Å². The van der Waals surface area contributed by atoms with Crippen molar-refractivity contribution in [1.82, 2.24) is 5.43 Å². The van der Waals surface area contributed by atoms with E-state index in [1.165, 1.54) is 17.7 Å². The number of nitro benzene ring substituents is 1. The Morgan fingerprint density at radius 2 is 1.86 bits per heavy atom. The lowest BCUT2D eigenvalue weighted by atomic mass is 10.2. The van der Waals surface area contributed by atoms with Gasteiger partial charge < -0.3 is 0 Å². The van der Waals surface area contributed by atoms with Gasteiger partial charge in [0.1, 0.15) is 5.37 Å². The third-order valence-corrected chi connectivity index (χ3v) is 4.29. The Labute approximate surface area is 126 Å². The van der Waals surface area contributed by atoms with Crippen LogP contribution in [-0.4, -0.2) is 9.97 Å². The fourth-order valence-corrected chi connectivity index (χ4v) is 3.11. The zero-order chi connectivity index (χ0) is 14.7. The van der Waals surface area contributed by atoms with Crippen molar-refractivity contribution >= 4 is 22.5 Å². The molecule has 0 fully saturated rings. The molecule has 1 unspecified atom stereocenters. The molecule has 2 aromatic rings. The number of nitro groups is 1. The Kier molecular flexibility index (Phi) is 3.87. The Balaban J connectivity index is 1.64. The van der Waals surface area contributed by atoms with E-state index in [0.717, 1.165) is 17.0 Å². The number of hydrogen-bond acceptors (Lipinski definition) is 5. The second-order valence-electron chi connectivity index (χ2n) is 4.64. The molecular weight excluding hydrogens is 286 g/mol. The van der Waals surface area contributed by atoms with Gasteiger partial charge in [0.2, 0.25) is 0 Å². The minimum atomic E-state index is -0.393. The highest BCUT2D eigenvalue weighted by Gasteiger charge is 2.21. The number of hydrogen-bond donors (Lipinski definition) is 1. The van der Waals surface area contributed by atoms with Gasteiger partial charge in [0.15, 0.2) is 0 Å². The molecule has 0 spiro atoms. The normalized spacial score (nSPS) is 17.1. The molecule has 0 bridgehead atoms. The first kappa shape index (κ1) is 13.6. The van der Waals surface area contributed by atoms with E-state index in [1.807, 2.05) is 18.2 Å². The molecule has 1 atom stereocenters. The van der Waals surface area contributed by atoms with E-state index in [0.29, 0.717) is 0 Å². The molecular formula is C15H13N3O2S. The zero-order valence-electron chi connectivity index (χ0n) is 11.1. The summed E-state index contributed by atoms with van der Waals surface area (Å²) in [5, 5.41) is 16.0. The van der Waals surface area contributed by atoms with Crippen molar-refractivity contribution in [2.45, 2.75) is 11.8 Å². The number of nitrogens with zero attached hydrogens (tertiary/aromatic N) is 2. The first-order valence-electron chi connectivity index (χ1n) is 6.49. The highest BCUT2D eigenvalue weighted by molar-refractivity contribution is 8.14. The maximum atomic E-state index is 10.7. The van der Waals surface area contributed by atoms with Gasteiger partial charge in [0, 0.05) is 18.6 Å². The predicted octanol–water partition coefficient (Wildman–Crippen LogP) is 3.49. The van der Waals surface area contributed by atoms with E-state index >= 15 is 0 Å². The number of rotatable bonds is 4. The minimum Gasteiger partial charge on any atom is -0.291 e. The van der Waals surface area contributed by atoms with Crippen LogP contribution in [0.15, 0.2) is 59.7 Å². The van der Waals surface area contributed by atoms with Crippen LogP contribution in [0.1, 0.15) is 16.5 Å². The standard InChI is InChI=1S/C15H13N3O2S/c19-18(20)13-8-6-12(7-9-13)15-17-16-14(21-15)10-11-4-2-1-3-5-11/h1-9,15,17H,10H2. The van der Waals surface area contributed by atoms with E-state index in [2.05, 4.69) is 22.7 Å². The van der Waals surface area contributed by atoms with Crippen molar-refractivity contribution < 1.29 is 4.92 Å². The van der Waals surface area contributed by atoms with Gasteiger partial charge in [0.25, 0.3) is 5.69 Å². The number of nitrogens with one attached hydrogen (secondary N) is 1. The minimum absolute atomic E-state index is 0.0181. The van der Waals surface area contributed by atoms with Crippen molar-refractivity contribution in [3.8, 4) is 0 Å². The second-order valence-corrected chi connectivity index (χ2v) is 5.82. The van der Waals surface area contributed by atoms with Crippen molar-refractivity contribution in [3.63, 3.8) is 0 Å². The lowest BCUT2D eigenvalue weighted by Gasteiger charge is -2.08. The van der Waals surface area contributed by atoms with E-state index in [-0.39, 0.29) is 11.1 Å². The first-order valence-corrected chi connectivity index (χ1v) is 7.37. The summed E-state index contributed by atoms with van der Waals surface area (Å²) in [5.41, 5.74) is 5.38. The maximum absolute atomic E-state index is 10.7. The molecule has 0 aromatic heterocycles. The fourth-order valence-electron chi connectivity index (χ4n) is 2.08. The van der Waals surface area contributed by atoms with Crippen molar-refractivity contribution in [3.05, 3.63) is 75.8 Å². The summed E-state index contributed by atoms with van der Waals surface area (Å²) >= 11 is 1.64. The Morgan fingerprint density at radius 3 is 2.52 bits per heavy atom. The molecule has 6 heteroatoms. The third-order valence-electron chi connectivity index (χ3n) is 3.17. The highest BCUT2D eigenvalue weighted by atomic mass is 32.2. The number of hydrazone groups is 1. The molecule has 1 aliphatic heterocycles. The Morgan fingerprint density at radius 1 is 1.14 bits per heavy atom. The van der Waals surface area contributed by atoms with Crippen LogP contribution in [-0.2, 0) is 6.42 Å². The van der Waals surface area contributed by atoms with E-state index in [4.69, 9.17) is 0 Å². The summed E-state index contributed by atoms with van der Waals surface area (Å²) in [4.78, 5) is 10.3. The predicted molar refractivity (Wildman–Crippen MR) is 84.1 cm³/mol. The topological polar surface area (TPSA) is 67.5 Å². The molecule has 21 heavy (non-hydrogen) atoms. The molecule has 106 valence electrons. The van der Waals surface area contributed by atoms with E-state index in [9.17, 15) is 10.1 Å². The smallest absolute Gasteiger partial charge is 0.269 e. The molecule has 2 aromatic carbocycles. The van der Waals surface area contributed by atoms with Crippen LogP contribution < -0.4 is 5.43 Å². The van der Waals surface area contributed by atoms with Crippen LogP contribution in [0.2, 0.25) is 0 Å². The first-order chi connectivity index (χ1) is 10.2. The Hall–Kier alpha value is -2.34. The van der Waals surface area contributed by atoms with E-state index < -0.39 is 4.92 Å². The summed E-state index contributed by atoms with van der Waals surface area (Å²) in [7, 11) is 0. The number of thioether (sulfide) groups is 1. The molecule has 1 N–H and O–H groups in total. The third kappa shape index (κ3) is 3.22. The van der Waals surface area contributed by atoms with Crippen LogP contribution >= 0.6 is 11.8 Å². The lowest BCUT2D eigenvalue weighted by molar-refractivity contribution is -0.384. The Bertz CT molecular complexity index is 671. The number of non-ortho nitro benzene ring substituents is 1. The van der Waals surface area contributed by atoms with Crippen LogP contribution in [0, 0.1) is 10.1 Å². The summed E-state index contributed by atoms with van der Waals surface area (Å²) < 4.78 is 0. The van der Waals surface area contributed by atoms with Crippen molar-refractivity contribution in [2.75, 3.05) is 0 Å². The average Bonchev–Trinajstić information content (AvgIpc) is 2.97. The van der Waals surface area contributed by atoms with Crippen LogP contribution in [0.25, 0.3) is 0 Å². The molecule has 0 radical (unpaired) electrons. The van der Waals surface area contributed by atoms with Gasteiger partial charge in [-0.2, -0.15) is 5.10 Å². The second kappa shape index (κ2) is 5.97. The average molecular weight is 299 g/mol. The molecule has 0 saturated carbocycles. The van der Waals surface area contributed by atoms with Gasteiger partial charge in [-0.1, -0.05) is 42.1 Å². The van der Waals surface area contributed by atoms with Gasteiger partial charge in [-0.05, 0) is 23.3 Å². The van der Waals surface area contributed by atoms with E-state index in [1.54, 1.807) is 23.9 Å². The quantitative estimate of drug-likeness (QED) is 0.693. The summed E-state index contributed by atoms with van der Waals surface area (Å²) in [5.74, 6) is 0. The van der Waals surface area contributed by atoms with Gasteiger partial charge >= 0.3 is 0 Å². The summed E-state index contributed by atoms with van der Waals surface area (Å²) in [6.07, 6.45) is 0.794. The molecule has 1 aliphatic rings. The highest BCUT2D eigenvalue weighted by Crippen LogP contribution is 2.33. The van der Waals surface area contributed by atoms with Gasteiger partial charge in [-0.25, -0.2) is 0 Å². The molecule has 0 amide bonds. The number of benzene rings is 2. The van der Waals surface area contributed by atoms with Crippen LogP contribution in [0.3, 0.4) is 0 Å². The monoisotopic (exact) mass is 299 g/mol. The molecule has 0 saturated heterocycles. The van der Waals surface area contributed by atoms with Gasteiger partial charge in [-0.15, -0.1) is 0 Å². The lowest BCUT2D eigenvalue weighted by Crippen LogP contribution is -2.06. The molecule has 1 heterocycles. The SMILES string of the molecule is O=[N+]([O-])c1ccc(C2NN=C(Cc3ccccc3)S2)cc1. The summed E-state index contributed by atoms with van der Waals surface area (Å²) in [6, 6.07) is 16.7. The fraction of sp³-hybridized carbons (Fsp3) is 0.133. The van der Waals surface area contributed by atoms with Crippen molar-refractivity contribution in [2.24, 2.45) is 5.10 Å². The zero-order valence-corrected chi connectivity index (χ0v) is 11.9. The molecule has 0 aliphatic carbocycles. The molecule has 3 rings (SSSR count). The van der Waals surface area contributed by atoms with Crippen LogP contribution in [0.4, 0.5) is 5.69 Å². The van der Waals surface area contributed by atoms with Gasteiger partial charge in [0.05, 0.1) is 9.97 Å². The van der Waals surface area contributed by atoms with Crippen LogP contribution in [0.5, 0.6) is 0 Å². The molecule has 5 nitrogen and oxygen atoms in total. The summed E-state index contributed by atoms with van der Waals surface area (Å²) in [6.45, 7) is 0. The van der Waals surface area contributed by atoms with Gasteiger partial charge in [-0.3, -0.25) is 15.5 Å². The largest absolute Gasteiger partial charge is 0.291 e.